The Morgan fingerprint density at radius 2 is 1.00 bits per heavy atom. The predicted molar refractivity (Wildman–Crippen MR) is 153 cm³/mol. The van der Waals surface area contributed by atoms with Gasteiger partial charge in [0, 0.05) is 16.7 Å². The van der Waals surface area contributed by atoms with Crippen LogP contribution in [0.25, 0.3) is 49.9 Å². The Labute approximate surface area is 216 Å². The fourth-order valence-electron chi connectivity index (χ4n) is 5.25. The fourth-order valence-corrected chi connectivity index (χ4v) is 5.25. The number of hydrogen-bond acceptors (Lipinski definition) is 2. The molecule has 7 rings (SSSR count). The van der Waals surface area contributed by atoms with E-state index in [2.05, 4.69) is 128 Å². The summed E-state index contributed by atoms with van der Waals surface area (Å²) in [5.74, 6) is 1.64. The second-order valence-corrected chi connectivity index (χ2v) is 9.34. The van der Waals surface area contributed by atoms with Gasteiger partial charge in [0.15, 0.2) is 0 Å². The van der Waals surface area contributed by atoms with Gasteiger partial charge < -0.3 is 9.47 Å². The summed E-state index contributed by atoms with van der Waals surface area (Å²) in [4.78, 5) is 0. The summed E-state index contributed by atoms with van der Waals surface area (Å²) in [6, 6.07) is 42.1. The Bertz CT molecular complexity index is 1690. The first kappa shape index (κ1) is 21.5. The SMILES string of the molecule is C=Cc1ccc(-c2ccc(C3Oc4ccc5ccccc5c4-c4c(ccc5ccccc45)O3)cc2)cc1. The van der Waals surface area contributed by atoms with Gasteiger partial charge in [-0.25, -0.2) is 0 Å². The normalized spacial score (nSPS) is 12.8. The topological polar surface area (TPSA) is 18.5 Å². The minimum atomic E-state index is -0.570. The van der Waals surface area contributed by atoms with E-state index in [0.29, 0.717) is 0 Å². The molecule has 0 radical (unpaired) electrons. The molecule has 37 heavy (non-hydrogen) atoms. The van der Waals surface area contributed by atoms with Crippen molar-refractivity contribution in [1.29, 1.82) is 0 Å². The molecule has 0 aromatic heterocycles. The lowest BCUT2D eigenvalue weighted by Crippen LogP contribution is -2.13. The van der Waals surface area contributed by atoms with Gasteiger partial charge in [-0.2, -0.15) is 0 Å². The highest BCUT2D eigenvalue weighted by Gasteiger charge is 2.27. The van der Waals surface area contributed by atoms with Crippen LogP contribution in [0.3, 0.4) is 0 Å². The molecule has 0 aliphatic carbocycles. The van der Waals surface area contributed by atoms with Gasteiger partial charge in [0.05, 0.1) is 0 Å². The minimum Gasteiger partial charge on any atom is -0.450 e. The number of ether oxygens (including phenoxy) is 2. The molecule has 0 atom stereocenters. The van der Waals surface area contributed by atoms with Crippen molar-refractivity contribution in [3.05, 3.63) is 139 Å². The molecule has 2 heteroatoms. The van der Waals surface area contributed by atoms with Crippen LogP contribution in [0, 0.1) is 0 Å². The standard InChI is InChI=1S/C35H24O2/c1-2-23-11-13-24(14-12-23)25-15-17-28(18-16-25)35-36-31-21-19-26-7-3-5-9-29(26)33(31)34-30-10-6-4-8-27(30)20-22-32(34)37-35/h2-22,35H,1H2. The molecular weight excluding hydrogens is 452 g/mol. The lowest BCUT2D eigenvalue weighted by atomic mass is 9.92. The van der Waals surface area contributed by atoms with Crippen molar-refractivity contribution in [3.8, 4) is 33.8 Å². The van der Waals surface area contributed by atoms with Gasteiger partial charge in [-0.15, -0.1) is 0 Å². The summed E-state index contributed by atoms with van der Waals surface area (Å²) in [5, 5.41) is 4.66. The third-order valence-electron chi connectivity index (χ3n) is 7.16. The molecule has 176 valence electrons. The van der Waals surface area contributed by atoms with E-state index in [9.17, 15) is 0 Å². The third-order valence-corrected chi connectivity index (χ3v) is 7.16. The summed E-state index contributed by atoms with van der Waals surface area (Å²) >= 11 is 0. The van der Waals surface area contributed by atoms with Crippen LogP contribution in [0.5, 0.6) is 11.5 Å². The molecule has 0 fully saturated rings. The minimum absolute atomic E-state index is 0.570. The molecule has 0 amide bonds. The maximum absolute atomic E-state index is 6.63. The monoisotopic (exact) mass is 476 g/mol. The van der Waals surface area contributed by atoms with E-state index in [0.717, 1.165) is 55.7 Å². The first-order chi connectivity index (χ1) is 18.3. The summed E-state index contributed by atoms with van der Waals surface area (Å²) in [6.45, 7) is 3.84. The molecule has 1 aliphatic heterocycles. The van der Waals surface area contributed by atoms with Crippen LogP contribution >= 0.6 is 0 Å². The van der Waals surface area contributed by atoms with Crippen LogP contribution in [0.1, 0.15) is 17.4 Å². The molecule has 0 saturated heterocycles. The largest absolute Gasteiger partial charge is 0.450 e. The molecule has 6 aromatic rings. The molecule has 0 unspecified atom stereocenters. The zero-order valence-electron chi connectivity index (χ0n) is 20.2. The molecule has 0 bridgehead atoms. The summed E-state index contributed by atoms with van der Waals surface area (Å²) in [6.07, 6.45) is 1.29. The quantitative estimate of drug-likeness (QED) is 0.253. The van der Waals surface area contributed by atoms with Gasteiger partial charge in [0.25, 0.3) is 6.29 Å². The first-order valence-corrected chi connectivity index (χ1v) is 12.5. The van der Waals surface area contributed by atoms with E-state index in [4.69, 9.17) is 9.47 Å². The van der Waals surface area contributed by atoms with E-state index in [1.165, 1.54) is 10.8 Å². The zero-order chi connectivity index (χ0) is 24.8. The van der Waals surface area contributed by atoms with Crippen LogP contribution < -0.4 is 9.47 Å². The molecule has 0 saturated carbocycles. The average Bonchev–Trinajstić information content (AvgIpc) is 3.15. The van der Waals surface area contributed by atoms with Gasteiger partial charge >= 0.3 is 0 Å². The van der Waals surface area contributed by atoms with Crippen LogP contribution in [-0.2, 0) is 0 Å². The van der Waals surface area contributed by atoms with Gasteiger partial charge in [0.2, 0.25) is 0 Å². The number of fused-ring (bicyclic) bond motifs is 7. The number of benzene rings is 6. The van der Waals surface area contributed by atoms with Crippen LogP contribution in [0.15, 0.2) is 128 Å². The summed E-state index contributed by atoms with van der Waals surface area (Å²) in [5.41, 5.74) is 6.53. The second kappa shape index (κ2) is 8.69. The van der Waals surface area contributed by atoms with Gasteiger partial charge in [-0.1, -0.05) is 122 Å². The molecule has 6 aromatic carbocycles. The Morgan fingerprint density at radius 1 is 0.514 bits per heavy atom. The second-order valence-electron chi connectivity index (χ2n) is 9.34. The van der Waals surface area contributed by atoms with E-state index in [1.54, 1.807) is 0 Å². The van der Waals surface area contributed by atoms with Crippen molar-refractivity contribution >= 4 is 27.6 Å². The summed E-state index contributed by atoms with van der Waals surface area (Å²) in [7, 11) is 0. The van der Waals surface area contributed by atoms with Gasteiger partial charge in [-0.05, 0) is 50.4 Å². The predicted octanol–water partition coefficient (Wildman–Crippen LogP) is 9.44. The maximum atomic E-state index is 6.63. The van der Waals surface area contributed by atoms with E-state index in [1.807, 2.05) is 6.08 Å². The van der Waals surface area contributed by atoms with E-state index >= 15 is 0 Å². The number of hydrogen-bond donors (Lipinski definition) is 0. The highest BCUT2D eigenvalue weighted by molar-refractivity contribution is 6.09. The zero-order valence-corrected chi connectivity index (χ0v) is 20.2. The van der Waals surface area contributed by atoms with E-state index in [-0.39, 0.29) is 0 Å². The van der Waals surface area contributed by atoms with Crippen molar-refractivity contribution in [2.75, 3.05) is 0 Å². The Kier molecular flexibility index (Phi) is 5.04. The Morgan fingerprint density at radius 3 is 1.51 bits per heavy atom. The van der Waals surface area contributed by atoms with E-state index < -0.39 is 6.29 Å². The average molecular weight is 477 g/mol. The summed E-state index contributed by atoms with van der Waals surface area (Å²) < 4.78 is 13.3. The van der Waals surface area contributed by atoms with Crippen LogP contribution in [-0.4, -0.2) is 0 Å². The molecule has 1 heterocycles. The van der Waals surface area contributed by atoms with Crippen molar-refractivity contribution in [1.82, 2.24) is 0 Å². The molecule has 0 spiro atoms. The van der Waals surface area contributed by atoms with Crippen molar-refractivity contribution < 1.29 is 9.47 Å². The highest BCUT2D eigenvalue weighted by Crippen LogP contribution is 2.49. The van der Waals surface area contributed by atoms with Gasteiger partial charge in [-0.3, -0.25) is 0 Å². The smallest absolute Gasteiger partial charge is 0.267 e. The molecule has 0 N–H and O–H groups in total. The lowest BCUT2D eigenvalue weighted by molar-refractivity contribution is 0.00778. The first-order valence-electron chi connectivity index (χ1n) is 12.5. The highest BCUT2D eigenvalue weighted by atomic mass is 16.7. The Hall–Kier alpha value is -4.82. The lowest BCUT2D eigenvalue weighted by Gasteiger charge is -2.19. The van der Waals surface area contributed by atoms with Crippen molar-refractivity contribution in [2.45, 2.75) is 6.29 Å². The van der Waals surface area contributed by atoms with Crippen molar-refractivity contribution in [2.24, 2.45) is 0 Å². The van der Waals surface area contributed by atoms with Crippen LogP contribution in [0.2, 0.25) is 0 Å². The third kappa shape index (κ3) is 3.66. The molecule has 1 aliphatic rings. The molecular formula is C35H24O2. The molecule has 2 nitrogen and oxygen atoms in total. The van der Waals surface area contributed by atoms with Crippen LogP contribution in [0.4, 0.5) is 0 Å². The Balaban J connectivity index is 1.37. The van der Waals surface area contributed by atoms with Crippen molar-refractivity contribution in [3.63, 3.8) is 0 Å². The fraction of sp³-hybridized carbons (Fsp3) is 0.0286. The number of rotatable bonds is 3. The maximum Gasteiger partial charge on any atom is 0.267 e. The van der Waals surface area contributed by atoms with Gasteiger partial charge in [0.1, 0.15) is 11.5 Å².